The van der Waals surface area contributed by atoms with E-state index >= 15 is 0 Å². The SMILES string of the molecule is Cc1nc2cnc(-c3ccc(=O)[nH]c3)cc2n1Cc1cc(Cl)ccc1Cl. The molecule has 0 spiro atoms. The molecular weight excluding hydrogens is 371 g/mol. The molecule has 0 bridgehead atoms. The van der Waals surface area contributed by atoms with Crippen LogP contribution in [0.25, 0.3) is 22.3 Å². The molecule has 0 amide bonds. The van der Waals surface area contributed by atoms with Gasteiger partial charge in [-0.1, -0.05) is 23.2 Å². The van der Waals surface area contributed by atoms with E-state index in [9.17, 15) is 4.79 Å². The molecule has 0 saturated heterocycles. The Morgan fingerprint density at radius 2 is 2.00 bits per heavy atom. The van der Waals surface area contributed by atoms with Gasteiger partial charge in [-0.3, -0.25) is 9.78 Å². The van der Waals surface area contributed by atoms with Gasteiger partial charge in [-0.15, -0.1) is 0 Å². The number of hydrogen-bond acceptors (Lipinski definition) is 3. The molecule has 0 atom stereocenters. The van der Waals surface area contributed by atoms with E-state index in [1.54, 1.807) is 30.6 Å². The van der Waals surface area contributed by atoms with E-state index in [2.05, 4.69) is 19.5 Å². The highest BCUT2D eigenvalue weighted by molar-refractivity contribution is 6.33. The number of nitrogens with zero attached hydrogens (tertiary/aromatic N) is 3. The summed E-state index contributed by atoms with van der Waals surface area (Å²) in [7, 11) is 0. The molecular formula is C19H14Cl2N4O. The molecule has 4 rings (SSSR count). The van der Waals surface area contributed by atoms with Crippen LogP contribution in [0.4, 0.5) is 0 Å². The van der Waals surface area contributed by atoms with E-state index in [1.165, 1.54) is 6.07 Å². The van der Waals surface area contributed by atoms with Crippen molar-refractivity contribution in [3.8, 4) is 11.3 Å². The van der Waals surface area contributed by atoms with Gasteiger partial charge < -0.3 is 9.55 Å². The summed E-state index contributed by atoms with van der Waals surface area (Å²) in [5.41, 5.74) is 4.10. The third-order valence-electron chi connectivity index (χ3n) is 4.24. The zero-order valence-corrected chi connectivity index (χ0v) is 15.3. The van der Waals surface area contributed by atoms with Crippen molar-refractivity contribution >= 4 is 34.2 Å². The first kappa shape index (κ1) is 16.8. The number of nitrogens with one attached hydrogen (secondary N) is 1. The summed E-state index contributed by atoms with van der Waals surface area (Å²) in [4.78, 5) is 23.0. The van der Waals surface area contributed by atoms with E-state index in [1.807, 2.05) is 19.1 Å². The third-order valence-corrected chi connectivity index (χ3v) is 4.85. The van der Waals surface area contributed by atoms with Gasteiger partial charge in [-0.05, 0) is 42.8 Å². The van der Waals surface area contributed by atoms with Crippen LogP contribution >= 0.6 is 23.2 Å². The Morgan fingerprint density at radius 3 is 2.77 bits per heavy atom. The van der Waals surface area contributed by atoms with Gasteiger partial charge in [-0.25, -0.2) is 4.98 Å². The number of rotatable bonds is 3. The minimum absolute atomic E-state index is 0.147. The average Bonchev–Trinajstić information content (AvgIpc) is 2.94. The second-order valence-corrected chi connectivity index (χ2v) is 6.82. The maximum absolute atomic E-state index is 11.3. The smallest absolute Gasteiger partial charge is 0.247 e. The van der Waals surface area contributed by atoms with Crippen molar-refractivity contribution in [2.45, 2.75) is 13.5 Å². The number of halogens is 2. The lowest BCUT2D eigenvalue weighted by atomic mass is 10.2. The predicted octanol–water partition coefficient (Wildman–Crippen LogP) is 4.45. The summed E-state index contributed by atoms with van der Waals surface area (Å²) < 4.78 is 2.07. The van der Waals surface area contributed by atoms with Crippen molar-refractivity contribution < 1.29 is 0 Å². The average molecular weight is 385 g/mol. The van der Waals surface area contributed by atoms with Gasteiger partial charge in [-0.2, -0.15) is 0 Å². The maximum atomic E-state index is 11.3. The number of H-pyrrole nitrogens is 1. The molecule has 0 aliphatic rings. The van der Waals surface area contributed by atoms with Crippen molar-refractivity contribution in [2.24, 2.45) is 0 Å². The lowest BCUT2D eigenvalue weighted by Crippen LogP contribution is -2.03. The van der Waals surface area contributed by atoms with Crippen LogP contribution in [0.15, 0.2) is 53.6 Å². The highest BCUT2D eigenvalue weighted by Gasteiger charge is 2.12. The van der Waals surface area contributed by atoms with Crippen molar-refractivity contribution in [3.05, 3.63) is 80.6 Å². The molecule has 0 unspecified atom stereocenters. The predicted molar refractivity (Wildman–Crippen MR) is 104 cm³/mol. The van der Waals surface area contributed by atoms with Crippen LogP contribution in [-0.2, 0) is 6.54 Å². The molecule has 1 aromatic carbocycles. The number of aromatic amines is 1. The van der Waals surface area contributed by atoms with Gasteiger partial charge in [0.2, 0.25) is 5.56 Å². The standard InChI is InChI=1S/C19H14Cl2N4O/c1-11-24-17-9-22-16(12-2-5-19(26)23-8-12)7-18(17)25(11)10-13-6-14(20)3-4-15(13)21/h2-9H,10H2,1H3,(H,23,26). The minimum atomic E-state index is -0.147. The second-order valence-electron chi connectivity index (χ2n) is 5.98. The van der Waals surface area contributed by atoms with Crippen LogP contribution in [0.2, 0.25) is 10.0 Å². The molecule has 0 aliphatic carbocycles. The Kier molecular flexibility index (Phi) is 4.26. The molecule has 0 radical (unpaired) electrons. The van der Waals surface area contributed by atoms with E-state index in [4.69, 9.17) is 23.2 Å². The molecule has 1 N–H and O–H groups in total. The van der Waals surface area contributed by atoms with Gasteiger partial charge in [0.15, 0.2) is 0 Å². The van der Waals surface area contributed by atoms with E-state index in [-0.39, 0.29) is 5.56 Å². The van der Waals surface area contributed by atoms with E-state index in [0.717, 1.165) is 33.7 Å². The highest BCUT2D eigenvalue weighted by Crippen LogP contribution is 2.26. The fourth-order valence-corrected chi connectivity index (χ4v) is 3.28. The molecule has 26 heavy (non-hydrogen) atoms. The molecule has 0 saturated carbocycles. The zero-order valence-electron chi connectivity index (χ0n) is 13.8. The molecule has 7 heteroatoms. The van der Waals surface area contributed by atoms with Crippen molar-refractivity contribution in [2.75, 3.05) is 0 Å². The van der Waals surface area contributed by atoms with Gasteiger partial charge in [0.05, 0.1) is 24.0 Å². The normalized spacial score (nSPS) is 11.2. The monoisotopic (exact) mass is 384 g/mol. The molecule has 4 aromatic rings. The topological polar surface area (TPSA) is 63.6 Å². The van der Waals surface area contributed by atoms with Gasteiger partial charge in [0, 0.05) is 27.9 Å². The minimum Gasteiger partial charge on any atom is -0.328 e. The number of benzene rings is 1. The molecule has 3 heterocycles. The number of aryl methyl sites for hydroxylation is 1. The first-order valence-corrected chi connectivity index (χ1v) is 8.73. The summed E-state index contributed by atoms with van der Waals surface area (Å²) in [5, 5.41) is 1.30. The van der Waals surface area contributed by atoms with Crippen LogP contribution in [0.5, 0.6) is 0 Å². The summed E-state index contributed by atoms with van der Waals surface area (Å²) in [5.74, 6) is 0.858. The summed E-state index contributed by atoms with van der Waals surface area (Å²) in [6, 6.07) is 10.6. The number of fused-ring (bicyclic) bond motifs is 1. The van der Waals surface area contributed by atoms with E-state index in [0.29, 0.717) is 16.6 Å². The number of imidazole rings is 1. The van der Waals surface area contributed by atoms with Crippen LogP contribution in [0, 0.1) is 6.92 Å². The molecule has 0 aliphatic heterocycles. The molecule has 130 valence electrons. The lowest BCUT2D eigenvalue weighted by molar-refractivity contribution is 0.786. The number of hydrogen-bond donors (Lipinski definition) is 1. The Bertz CT molecular complexity index is 1160. The van der Waals surface area contributed by atoms with Crippen molar-refractivity contribution in [3.63, 3.8) is 0 Å². The van der Waals surface area contributed by atoms with Crippen LogP contribution < -0.4 is 5.56 Å². The molecule has 0 fully saturated rings. The Labute approximate surface area is 159 Å². The fourth-order valence-electron chi connectivity index (χ4n) is 2.91. The largest absolute Gasteiger partial charge is 0.328 e. The Hall–Kier alpha value is -2.63. The Morgan fingerprint density at radius 1 is 1.15 bits per heavy atom. The third kappa shape index (κ3) is 3.11. The van der Waals surface area contributed by atoms with Gasteiger partial charge >= 0.3 is 0 Å². The first-order chi connectivity index (χ1) is 12.5. The van der Waals surface area contributed by atoms with Crippen LogP contribution in [-0.4, -0.2) is 19.5 Å². The fraction of sp³-hybridized carbons (Fsp3) is 0.105. The molecule has 3 aromatic heterocycles. The number of aromatic nitrogens is 4. The first-order valence-electron chi connectivity index (χ1n) is 7.97. The molecule has 5 nitrogen and oxygen atoms in total. The maximum Gasteiger partial charge on any atom is 0.247 e. The summed E-state index contributed by atoms with van der Waals surface area (Å²) in [6.45, 7) is 2.49. The summed E-state index contributed by atoms with van der Waals surface area (Å²) in [6.07, 6.45) is 3.39. The second kappa shape index (κ2) is 6.59. The van der Waals surface area contributed by atoms with Crippen LogP contribution in [0.3, 0.4) is 0 Å². The quantitative estimate of drug-likeness (QED) is 0.567. The van der Waals surface area contributed by atoms with Crippen molar-refractivity contribution in [1.82, 2.24) is 19.5 Å². The zero-order chi connectivity index (χ0) is 18.3. The van der Waals surface area contributed by atoms with Gasteiger partial charge in [0.25, 0.3) is 0 Å². The van der Waals surface area contributed by atoms with E-state index < -0.39 is 0 Å². The number of pyridine rings is 2. The highest BCUT2D eigenvalue weighted by atomic mass is 35.5. The summed E-state index contributed by atoms with van der Waals surface area (Å²) >= 11 is 12.4. The lowest BCUT2D eigenvalue weighted by Gasteiger charge is -2.10. The Balaban J connectivity index is 1.82. The van der Waals surface area contributed by atoms with Gasteiger partial charge in [0.1, 0.15) is 11.3 Å². The van der Waals surface area contributed by atoms with Crippen molar-refractivity contribution in [1.29, 1.82) is 0 Å². The van der Waals surface area contributed by atoms with Crippen LogP contribution in [0.1, 0.15) is 11.4 Å².